The Labute approximate surface area is 78.6 Å². The summed E-state index contributed by atoms with van der Waals surface area (Å²) in [5.74, 6) is 0. The van der Waals surface area contributed by atoms with E-state index in [4.69, 9.17) is 0 Å². The van der Waals surface area contributed by atoms with Crippen LogP contribution in [-0.2, 0) is 0 Å². The van der Waals surface area contributed by atoms with Crippen LogP contribution in [0.5, 0.6) is 0 Å². The lowest BCUT2D eigenvalue weighted by atomic mass is 10.2. The van der Waals surface area contributed by atoms with Crippen molar-refractivity contribution < 1.29 is 0 Å². The Balaban J connectivity index is 0.000000145. The molecule has 0 aliphatic carbocycles. The summed E-state index contributed by atoms with van der Waals surface area (Å²) in [4.78, 5) is 0. The molecular formula is C11H14N2. The fourth-order valence-corrected chi connectivity index (χ4v) is 0.852. The molecule has 0 saturated heterocycles. The number of aryl methyl sites for hydroxylation is 2. The van der Waals surface area contributed by atoms with Crippen molar-refractivity contribution in [2.75, 3.05) is 0 Å². The number of H-pyrrole nitrogens is 1. The zero-order valence-electron chi connectivity index (χ0n) is 7.99. The molecule has 0 radical (unpaired) electrons. The number of nitrogens with zero attached hydrogens (tertiary/aromatic N) is 1. The fraction of sp³-hybridized carbons (Fsp3) is 0.182. The van der Waals surface area contributed by atoms with Gasteiger partial charge in [-0.1, -0.05) is 35.4 Å². The van der Waals surface area contributed by atoms with Crippen LogP contribution in [0.15, 0.2) is 42.7 Å². The van der Waals surface area contributed by atoms with Crippen molar-refractivity contribution in [2.45, 2.75) is 13.8 Å². The van der Waals surface area contributed by atoms with Gasteiger partial charge in [-0.05, 0) is 19.9 Å². The Kier molecular flexibility index (Phi) is 3.76. The predicted octanol–water partition coefficient (Wildman–Crippen LogP) is 2.71. The quantitative estimate of drug-likeness (QED) is 0.653. The van der Waals surface area contributed by atoms with Gasteiger partial charge in [-0.15, -0.1) is 0 Å². The number of hydrogen-bond donors (Lipinski definition) is 1. The molecule has 0 aliphatic heterocycles. The van der Waals surface area contributed by atoms with Crippen LogP contribution >= 0.6 is 0 Å². The highest BCUT2D eigenvalue weighted by molar-refractivity contribution is 5.19. The summed E-state index contributed by atoms with van der Waals surface area (Å²) in [6.07, 6.45) is 3.46. The summed E-state index contributed by atoms with van der Waals surface area (Å²) in [5, 5.41) is 6.21. The van der Waals surface area contributed by atoms with Crippen molar-refractivity contribution in [2.24, 2.45) is 0 Å². The first kappa shape index (κ1) is 9.52. The van der Waals surface area contributed by atoms with Crippen LogP contribution in [0.4, 0.5) is 0 Å². The van der Waals surface area contributed by atoms with E-state index in [0.717, 1.165) is 0 Å². The Bertz CT molecular complexity index is 270. The van der Waals surface area contributed by atoms with Crippen LogP contribution in [0.1, 0.15) is 11.1 Å². The number of hydrogen-bond acceptors (Lipinski definition) is 1. The van der Waals surface area contributed by atoms with Gasteiger partial charge >= 0.3 is 0 Å². The van der Waals surface area contributed by atoms with Gasteiger partial charge in [0.25, 0.3) is 0 Å². The number of benzene rings is 1. The molecule has 0 spiro atoms. The molecule has 13 heavy (non-hydrogen) atoms. The molecular weight excluding hydrogens is 160 g/mol. The van der Waals surface area contributed by atoms with E-state index in [-0.39, 0.29) is 0 Å². The van der Waals surface area contributed by atoms with Crippen molar-refractivity contribution >= 4 is 0 Å². The first-order valence-corrected chi connectivity index (χ1v) is 4.26. The number of nitrogens with one attached hydrogen (secondary N) is 1. The minimum atomic E-state index is 1.33. The molecule has 0 bridgehead atoms. The van der Waals surface area contributed by atoms with E-state index in [0.29, 0.717) is 0 Å². The van der Waals surface area contributed by atoms with Crippen LogP contribution in [-0.4, -0.2) is 10.2 Å². The zero-order valence-corrected chi connectivity index (χ0v) is 7.99. The fourth-order valence-electron chi connectivity index (χ4n) is 0.852. The second kappa shape index (κ2) is 5.14. The monoisotopic (exact) mass is 174 g/mol. The molecule has 0 amide bonds. The van der Waals surface area contributed by atoms with Crippen molar-refractivity contribution in [3.8, 4) is 0 Å². The highest BCUT2D eigenvalue weighted by Crippen LogP contribution is 1.99. The normalized spacial score (nSPS) is 8.77. The maximum atomic E-state index is 3.60. The van der Waals surface area contributed by atoms with E-state index in [9.17, 15) is 0 Å². The van der Waals surface area contributed by atoms with Gasteiger partial charge in [0.15, 0.2) is 0 Å². The second-order valence-corrected chi connectivity index (χ2v) is 2.92. The molecule has 0 unspecified atom stereocenters. The third-order valence-electron chi connectivity index (χ3n) is 1.62. The summed E-state index contributed by atoms with van der Waals surface area (Å²) in [7, 11) is 0. The first-order valence-electron chi connectivity index (χ1n) is 4.26. The Morgan fingerprint density at radius 3 is 1.77 bits per heavy atom. The van der Waals surface area contributed by atoms with Gasteiger partial charge in [-0.25, -0.2) is 0 Å². The van der Waals surface area contributed by atoms with Crippen molar-refractivity contribution in [3.05, 3.63) is 53.9 Å². The average Bonchev–Trinajstić information content (AvgIpc) is 2.68. The highest BCUT2D eigenvalue weighted by atomic mass is 15.1. The highest BCUT2D eigenvalue weighted by Gasteiger charge is 1.79. The lowest BCUT2D eigenvalue weighted by Gasteiger charge is -1.90. The number of aromatic nitrogens is 2. The summed E-state index contributed by atoms with van der Waals surface area (Å²) >= 11 is 0. The third-order valence-corrected chi connectivity index (χ3v) is 1.62. The molecule has 2 rings (SSSR count). The smallest absolute Gasteiger partial charge is 0.0487 e. The standard InChI is InChI=1S/C8H10.C3H4N2/c1-7-3-5-8(2)6-4-7;1-2-4-5-3-1/h3-6H,1-2H3;1-3H,(H,4,5). The van der Waals surface area contributed by atoms with Crippen LogP contribution < -0.4 is 0 Å². The molecule has 0 fully saturated rings. The van der Waals surface area contributed by atoms with Crippen LogP contribution in [0.3, 0.4) is 0 Å². The van der Waals surface area contributed by atoms with Gasteiger partial charge in [0.2, 0.25) is 0 Å². The molecule has 1 aromatic heterocycles. The van der Waals surface area contributed by atoms with E-state index < -0.39 is 0 Å². The molecule has 1 aromatic carbocycles. The largest absolute Gasteiger partial charge is 0.286 e. The first-order chi connectivity index (χ1) is 6.29. The summed E-state index contributed by atoms with van der Waals surface area (Å²) in [5.41, 5.74) is 2.66. The van der Waals surface area contributed by atoms with Crippen molar-refractivity contribution in [3.63, 3.8) is 0 Å². The van der Waals surface area contributed by atoms with Crippen molar-refractivity contribution in [1.82, 2.24) is 10.2 Å². The van der Waals surface area contributed by atoms with Crippen molar-refractivity contribution in [1.29, 1.82) is 0 Å². The molecule has 2 aromatic rings. The molecule has 1 heterocycles. The minimum Gasteiger partial charge on any atom is -0.286 e. The van der Waals surface area contributed by atoms with E-state index in [1.165, 1.54) is 11.1 Å². The Morgan fingerprint density at radius 1 is 1.00 bits per heavy atom. The SMILES string of the molecule is Cc1ccc(C)cc1.c1cn[nH]c1. The van der Waals surface area contributed by atoms with Gasteiger partial charge in [-0.2, -0.15) is 5.10 Å². The number of aromatic amines is 1. The molecule has 68 valence electrons. The molecule has 0 saturated carbocycles. The molecule has 0 atom stereocenters. The van der Waals surface area contributed by atoms with Gasteiger partial charge < -0.3 is 0 Å². The molecule has 2 heteroatoms. The minimum absolute atomic E-state index is 1.33. The number of rotatable bonds is 0. The summed E-state index contributed by atoms with van der Waals surface area (Å²) in [6, 6.07) is 10.3. The van der Waals surface area contributed by atoms with E-state index in [1.54, 1.807) is 12.4 Å². The van der Waals surface area contributed by atoms with E-state index in [2.05, 4.69) is 48.3 Å². The maximum Gasteiger partial charge on any atom is 0.0487 e. The summed E-state index contributed by atoms with van der Waals surface area (Å²) < 4.78 is 0. The van der Waals surface area contributed by atoms with Gasteiger partial charge in [-0.3, -0.25) is 5.10 Å². The van der Waals surface area contributed by atoms with Gasteiger partial charge in [0, 0.05) is 12.4 Å². The van der Waals surface area contributed by atoms with Gasteiger partial charge in [0.05, 0.1) is 0 Å². The Hall–Kier alpha value is -1.57. The third kappa shape index (κ3) is 4.11. The second-order valence-electron chi connectivity index (χ2n) is 2.92. The van der Waals surface area contributed by atoms with E-state index >= 15 is 0 Å². The topological polar surface area (TPSA) is 28.7 Å². The van der Waals surface area contributed by atoms with Crippen LogP contribution in [0, 0.1) is 13.8 Å². The molecule has 0 aliphatic rings. The summed E-state index contributed by atoms with van der Waals surface area (Å²) in [6.45, 7) is 4.19. The average molecular weight is 174 g/mol. The lowest BCUT2D eigenvalue weighted by Crippen LogP contribution is -1.70. The van der Waals surface area contributed by atoms with Crippen LogP contribution in [0.25, 0.3) is 0 Å². The molecule has 2 nitrogen and oxygen atoms in total. The lowest BCUT2D eigenvalue weighted by molar-refractivity contribution is 1.09. The predicted molar refractivity (Wildman–Crippen MR) is 54.5 cm³/mol. The van der Waals surface area contributed by atoms with Crippen LogP contribution in [0.2, 0.25) is 0 Å². The Morgan fingerprint density at radius 2 is 1.54 bits per heavy atom. The maximum absolute atomic E-state index is 3.60. The van der Waals surface area contributed by atoms with E-state index in [1.807, 2.05) is 6.07 Å². The zero-order chi connectivity index (χ0) is 9.52. The molecule has 1 N–H and O–H groups in total. The van der Waals surface area contributed by atoms with Gasteiger partial charge in [0.1, 0.15) is 0 Å².